The van der Waals surface area contributed by atoms with Gasteiger partial charge in [-0.15, -0.1) is 0 Å². The lowest BCUT2D eigenvalue weighted by Gasteiger charge is -2.14. The molecule has 0 bridgehead atoms. The summed E-state index contributed by atoms with van der Waals surface area (Å²) in [5.41, 5.74) is 3.41. The molecular weight excluding hydrogens is 318 g/mol. The Hall–Kier alpha value is -2.69. The van der Waals surface area contributed by atoms with Gasteiger partial charge in [-0.2, -0.15) is 0 Å². The minimum atomic E-state index is -0.202. The highest BCUT2D eigenvalue weighted by molar-refractivity contribution is 5.77. The van der Waals surface area contributed by atoms with E-state index in [1.807, 2.05) is 26.0 Å². The Balaban J connectivity index is 1.74. The molecule has 2 rings (SSSR count). The summed E-state index contributed by atoms with van der Waals surface area (Å²) < 4.78 is 16.5. The van der Waals surface area contributed by atoms with Crippen LogP contribution >= 0.6 is 0 Å². The number of carbonyl (C=O) groups excluding carboxylic acids is 1. The fraction of sp³-hybridized carbons (Fsp3) is 0.350. The van der Waals surface area contributed by atoms with Crippen LogP contribution in [-0.4, -0.2) is 32.8 Å². The number of aryl methyl sites for hydroxylation is 3. The molecule has 0 aromatic heterocycles. The number of carbonyl (C=O) groups is 1. The molecule has 0 aliphatic rings. The van der Waals surface area contributed by atoms with E-state index in [4.69, 9.17) is 14.2 Å². The highest BCUT2D eigenvalue weighted by Crippen LogP contribution is 2.25. The van der Waals surface area contributed by atoms with Crippen molar-refractivity contribution in [1.82, 2.24) is 5.32 Å². The van der Waals surface area contributed by atoms with Crippen molar-refractivity contribution in [3.8, 4) is 17.2 Å². The number of amides is 1. The minimum Gasteiger partial charge on any atom is -0.493 e. The van der Waals surface area contributed by atoms with Gasteiger partial charge in [0.15, 0.2) is 18.1 Å². The molecule has 2 aromatic carbocycles. The van der Waals surface area contributed by atoms with Crippen LogP contribution in [0.1, 0.15) is 16.7 Å². The van der Waals surface area contributed by atoms with Crippen LogP contribution in [0.4, 0.5) is 0 Å². The number of ether oxygens (including phenoxy) is 3. The topological polar surface area (TPSA) is 56.8 Å². The zero-order chi connectivity index (χ0) is 18.2. The van der Waals surface area contributed by atoms with Gasteiger partial charge < -0.3 is 19.5 Å². The molecule has 5 heteroatoms. The Bertz CT molecular complexity index is 704. The number of benzene rings is 2. The average Bonchev–Trinajstić information content (AvgIpc) is 2.58. The van der Waals surface area contributed by atoms with Crippen LogP contribution in [0.25, 0.3) is 0 Å². The number of para-hydroxylation sites is 2. The van der Waals surface area contributed by atoms with Gasteiger partial charge in [-0.05, 0) is 44.0 Å². The molecule has 0 aliphatic heterocycles. The van der Waals surface area contributed by atoms with E-state index in [0.29, 0.717) is 24.7 Å². The largest absolute Gasteiger partial charge is 0.493 e. The van der Waals surface area contributed by atoms with Gasteiger partial charge in [-0.1, -0.05) is 29.8 Å². The third-order valence-electron chi connectivity index (χ3n) is 3.70. The molecule has 0 saturated heterocycles. The zero-order valence-corrected chi connectivity index (χ0v) is 15.2. The molecule has 0 aliphatic carbocycles. The first kappa shape index (κ1) is 18.6. The van der Waals surface area contributed by atoms with Crippen molar-refractivity contribution in [2.45, 2.75) is 20.8 Å². The van der Waals surface area contributed by atoms with E-state index in [0.717, 1.165) is 16.9 Å². The lowest BCUT2D eigenvalue weighted by molar-refractivity contribution is -0.123. The van der Waals surface area contributed by atoms with Gasteiger partial charge in [0.05, 0.1) is 13.7 Å². The van der Waals surface area contributed by atoms with E-state index in [9.17, 15) is 4.79 Å². The number of hydrogen-bond donors (Lipinski definition) is 1. The molecule has 0 heterocycles. The predicted octanol–water partition coefficient (Wildman–Crippen LogP) is 3.19. The van der Waals surface area contributed by atoms with Crippen LogP contribution in [-0.2, 0) is 4.79 Å². The van der Waals surface area contributed by atoms with Gasteiger partial charge in [0.1, 0.15) is 12.4 Å². The molecule has 25 heavy (non-hydrogen) atoms. The molecule has 1 amide bonds. The van der Waals surface area contributed by atoms with E-state index >= 15 is 0 Å². The first-order chi connectivity index (χ1) is 12.0. The molecule has 0 saturated carbocycles. The quantitative estimate of drug-likeness (QED) is 0.748. The standard InChI is InChI=1S/C20H25NO4/c1-14-11-15(2)20(16(3)12-14)24-10-9-21-19(22)13-25-18-8-6-5-7-17(18)23-4/h5-8,11-12H,9-10,13H2,1-4H3,(H,21,22). The Morgan fingerprint density at radius 3 is 2.28 bits per heavy atom. The van der Waals surface area contributed by atoms with Crippen molar-refractivity contribution in [3.63, 3.8) is 0 Å². The van der Waals surface area contributed by atoms with Crippen molar-refractivity contribution in [2.75, 3.05) is 26.9 Å². The van der Waals surface area contributed by atoms with Gasteiger partial charge >= 0.3 is 0 Å². The van der Waals surface area contributed by atoms with Gasteiger partial charge in [0.2, 0.25) is 0 Å². The minimum absolute atomic E-state index is 0.0665. The summed E-state index contributed by atoms with van der Waals surface area (Å²) in [6.07, 6.45) is 0. The summed E-state index contributed by atoms with van der Waals surface area (Å²) in [6, 6.07) is 11.4. The van der Waals surface area contributed by atoms with Crippen LogP contribution in [0.5, 0.6) is 17.2 Å². The van der Waals surface area contributed by atoms with Crippen LogP contribution in [0.15, 0.2) is 36.4 Å². The van der Waals surface area contributed by atoms with E-state index < -0.39 is 0 Å². The van der Waals surface area contributed by atoms with E-state index in [2.05, 4.69) is 24.4 Å². The molecule has 134 valence electrons. The lowest BCUT2D eigenvalue weighted by Crippen LogP contribution is -2.32. The van der Waals surface area contributed by atoms with Crippen molar-refractivity contribution in [1.29, 1.82) is 0 Å². The van der Waals surface area contributed by atoms with Gasteiger partial charge in [0, 0.05) is 0 Å². The van der Waals surface area contributed by atoms with Gasteiger partial charge in [0.25, 0.3) is 5.91 Å². The predicted molar refractivity (Wildman–Crippen MR) is 97.6 cm³/mol. The van der Waals surface area contributed by atoms with E-state index in [-0.39, 0.29) is 12.5 Å². The third kappa shape index (κ3) is 5.41. The fourth-order valence-corrected chi connectivity index (χ4v) is 2.67. The number of hydrogen-bond acceptors (Lipinski definition) is 4. The van der Waals surface area contributed by atoms with Crippen molar-refractivity contribution in [3.05, 3.63) is 53.1 Å². The van der Waals surface area contributed by atoms with Crippen LogP contribution < -0.4 is 19.5 Å². The van der Waals surface area contributed by atoms with Gasteiger partial charge in [-0.3, -0.25) is 4.79 Å². The Labute approximate surface area is 148 Å². The highest BCUT2D eigenvalue weighted by atomic mass is 16.5. The first-order valence-electron chi connectivity index (χ1n) is 8.24. The molecule has 0 unspecified atom stereocenters. The maximum atomic E-state index is 11.9. The smallest absolute Gasteiger partial charge is 0.258 e. The Morgan fingerprint density at radius 2 is 1.64 bits per heavy atom. The number of rotatable bonds is 8. The van der Waals surface area contributed by atoms with Crippen molar-refractivity contribution in [2.24, 2.45) is 0 Å². The average molecular weight is 343 g/mol. The summed E-state index contributed by atoms with van der Waals surface area (Å²) in [7, 11) is 1.56. The maximum absolute atomic E-state index is 11.9. The van der Waals surface area contributed by atoms with Gasteiger partial charge in [-0.25, -0.2) is 0 Å². The second-order valence-corrected chi connectivity index (χ2v) is 5.87. The zero-order valence-electron chi connectivity index (χ0n) is 15.2. The Morgan fingerprint density at radius 1 is 1.00 bits per heavy atom. The molecule has 0 radical (unpaired) electrons. The number of nitrogens with one attached hydrogen (secondary N) is 1. The molecule has 0 spiro atoms. The first-order valence-corrected chi connectivity index (χ1v) is 8.24. The van der Waals surface area contributed by atoms with Crippen molar-refractivity contribution >= 4 is 5.91 Å². The van der Waals surface area contributed by atoms with E-state index in [1.54, 1.807) is 19.2 Å². The summed E-state index contributed by atoms with van der Waals surface area (Å²) in [5.74, 6) is 1.82. The maximum Gasteiger partial charge on any atom is 0.258 e. The molecule has 5 nitrogen and oxygen atoms in total. The monoisotopic (exact) mass is 343 g/mol. The molecule has 1 N–H and O–H groups in total. The highest BCUT2D eigenvalue weighted by Gasteiger charge is 2.08. The van der Waals surface area contributed by atoms with Crippen LogP contribution in [0.3, 0.4) is 0 Å². The summed E-state index contributed by atoms with van der Waals surface area (Å²) >= 11 is 0. The second kappa shape index (κ2) is 8.97. The third-order valence-corrected chi connectivity index (χ3v) is 3.70. The summed E-state index contributed by atoms with van der Waals surface area (Å²) in [5, 5.41) is 2.78. The second-order valence-electron chi connectivity index (χ2n) is 5.87. The molecule has 2 aromatic rings. The fourth-order valence-electron chi connectivity index (χ4n) is 2.67. The van der Waals surface area contributed by atoms with Crippen molar-refractivity contribution < 1.29 is 19.0 Å². The summed E-state index contributed by atoms with van der Waals surface area (Å²) in [6.45, 7) is 6.87. The van der Waals surface area contributed by atoms with Crippen LogP contribution in [0.2, 0.25) is 0 Å². The number of methoxy groups -OCH3 is 1. The van der Waals surface area contributed by atoms with E-state index in [1.165, 1.54) is 5.56 Å². The molecule has 0 fully saturated rings. The lowest BCUT2D eigenvalue weighted by atomic mass is 10.1. The SMILES string of the molecule is COc1ccccc1OCC(=O)NCCOc1c(C)cc(C)cc1C. The normalized spacial score (nSPS) is 10.2. The molecule has 0 atom stereocenters. The molecular formula is C20H25NO4. The summed E-state index contributed by atoms with van der Waals surface area (Å²) in [4.78, 5) is 11.9. The van der Waals surface area contributed by atoms with Crippen LogP contribution in [0, 0.1) is 20.8 Å². The Kier molecular flexibility index (Phi) is 6.69.